The summed E-state index contributed by atoms with van der Waals surface area (Å²) in [7, 11) is 2.67. The molecule has 0 fully saturated rings. The molecular weight excluding hydrogens is 392 g/mol. The quantitative estimate of drug-likeness (QED) is 0.135. The highest BCUT2D eigenvalue weighted by molar-refractivity contribution is 8.77. The molecule has 1 atom stereocenters. The predicted octanol–water partition coefficient (Wildman–Crippen LogP) is 7.56. The van der Waals surface area contributed by atoms with Gasteiger partial charge in [-0.05, 0) is 6.42 Å². The summed E-state index contributed by atoms with van der Waals surface area (Å²) in [4.78, 5) is 21.6. The smallest absolute Gasteiger partial charge is 0.318 e. The Kier molecular flexibility index (Phi) is 21.1. The van der Waals surface area contributed by atoms with E-state index in [1.54, 1.807) is 0 Å². The number of rotatable bonds is 22. The van der Waals surface area contributed by atoms with E-state index >= 15 is 0 Å². The lowest BCUT2D eigenvalue weighted by Gasteiger charge is -2.08. The summed E-state index contributed by atoms with van der Waals surface area (Å²) in [6.07, 6.45) is 21.2. The topological polar surface area (TPSA) is 74.6 Å². The molecule has 0 heterocycles. The molecule has 0 aromatic carbocycles. The molecule has 0 aliphatic heterocycles. The zero-order valence-corrected chi connectivity index (χ0v) is 19.5. The summed E-state index contributed by atoms with van der Waals surface area (Å²) in [5, 5.41) is 16.8. The lowest BCUT2D eigenvalue weighted by molar-refractivity contribution is -0.142. The van der Waals surface area contributed by atoms with Gasteiger partial charge in [0.05, 0.1) is 6.42 Å². The first-order valence-corrected chi connectivity index (χ1v) is 13.7. The van der Waals surface area contributed by atoms with Crippen molar-refractivity contribution in [2.45, 2.75) is 121 Å². The molecule has 0 saturated heterocycles. The lowest BCUT2D eigenvalue weighted by atomic mass is 10.0. The average molecular weight is 435 g/mol. The number of unbranched alkanes of at least 4 members (excludes halogenated alkanes) is 15. The van der Waals surface area contributed by atoms with Crippen LogP contribution in [0.5, 0.6) is 0 Å². The van der Waals surface area contributed by atoms with Crippen LogP contribution in [0.15, 0.2) is 0 Å². The zero-order valence-electron chi connectivity index (χ0n) is 17.8. The highest BCUT2D eigenvalue weighted by Gasteiger charge is 2.21. The predicted molar refractivity (Wildman–Crippen MR) is 123 cm³/mol. The van der Waals surface area contributed by atoms with Gasteiger partial charge in [0.15, 0.2) is 0 Å². The van der Waals surface area contributed by atoms with Crippen molar-refractivity contribution >= 4 is 33.5 Å². The molecule has 0 aliphatic rings. The van der Waals surface area contributed by atoms with Crippen LogP contribution >= 0.6 is 21.6 Å². The molecule has 0 saturated carbocycles. The van der Waals surface area contributed by atoms with Gasteiger partial charge < -0.3 is 10.2 Å². The second-order valence-corrected chi connectivity index (χ2v) is 10.3. The van der Waals surface area contributed by atoms with Crippen LogP contribution in [0, 0.1) is 0 Å². The van der Waals surface area contributed by atoms with Gasteiger partial charge in [-0.1, -0.05) is 125 Å². The normalized spacial score (nSPS) is 12.2. The van der Waals surface area contributed by atoms with E-state index in [0.717, 1.165) is 12.2 Å². The van der Waals surface area contributed by atoms with Gasteiger partial charge >= 0.3 is 11.9 Å². The summed E-state index contributed by atoms with van der Waals surface area (Å²) < 4.78 is 0. The van der Waals surface area contributed by atoms with E-state index < -0.39 is 17.2 Å². The Morgan fingerprint density at radius 2 is 1.07 bits per heavy atom. The Labute approximate surface area is 180 Å². The molecule has 6 heteroatoms. The lowest BCUT2D eigenvalue weighted by Crippen LogP contribution is -2.19. The van der Waals surface area contributed by atoms with Crippen LogP contribution in [-0.2, 0) is 9.59 Å². The molecule has 0 aliphatic carbocycles. The minimum absolute atomic E-state index is 0.314. The molecule has 0 aromatic rings. The maximum atomic E-state index is 11.0. The third-order valence-corrected chi connectivity index (χ3v) is 7.70. The number of carboxylic acid groups (broad SMARTS) is 2. The summed E-state index contributed by atoms with van der Waals surface area (Å²) >= 11 is 0. The van der Waals surface area contributed by atoms with Gasteiger partial charge in [0, 0.05) is 5.75 Å². The van der Waals surface area contributed by atoms with Gasteiger partial charge in [0.2, 0.25) is 0 Å². The Morgan fingerprint density at radius 3 is 1.43 bits per heavy atom. The minimum Gasteiger partial charge on any atom is -0.481 e. The van der Waals surface area contributed by atoms with E-state index in [1.807, 2.05) is 0 Å². The SMILES string of the molecule is CCCCCCCCCCCCCCCCCCSSC(CC(=O)O)C(=O)O. The van der Waals surface area contributed by atoms with Crippen molar-refractivity contribution in [1.29, 1.82) is 0 Å². The van der Waals surface area contributed by atoms with Crippen molar-refractivity contribution in [2.24, 2.45) is 0 Å². The average Bonchev–Trinajstić information content (AvgIpc) is 2.65. The van der Waals surface area contributed by atoms with Gasteiger partial charge in [-0.25, -0.2) is 0 Å². The molecule has 0 bridgehead atoms. The fourth-order valence-electron chi connectivity index (χ4n) is 3.16. The number of carboxylic acids is 2. The van der Waals surface area contributed by atoms with E-state index in [2.05, 4.69) is 6.92 Å². The van der Waals surface area contributed by atoms with Gasteiger partial charge in [0.1, 0.15) is 5.25 Å². The molecule has 4 nitrogen and oxygen atoms in total. The second kappa shape index (κ2) is 21.4. The first kappa shape index (κ1) is 27.6. The Hall–Kier alpha value is -0.360. The number of aliphatic carboxylic acids is 2. The molecule has 2 N–H and O–H groups in total. The van der Waals surface area contributed by atoms with Crippen LogP contribution < -0.4 is 0 Å². The third-order valence-electron chi connectivity index (χ3n) is 4.90. The molecule has 28 heavy (non-hydrogen) atoms. The van der Waals surface area contributed by atoms with Crippen molar-refractivity contribution < 1.29 is 19.8 Å². The van der Waals surface area contributed by atoms with Gasteiger partial charge in [0.25, 0.3) is 0 Å². The fourth-order valence-corrected chi connectivity index (χ4v) is 5.62. The van der Waals surface area contributed by atoms with Crippen LogP contribution in [0.4, 0.5) is 0 Å². The maximum absolute atomic E-state index is 11.0. The summed E-state index contributed by atoms with van der Waals surface area (Å²) in [6.45, 7) is 2.27. The second-order valence-electron chi connectivity index (χ2n) is 7.65. The van der Waals surface area contributed by atoms with E-state index in [4.69, 9.17) is 10.2 Å². The number of hydrogen-bond acceptors (Lipinski definition) is 4. The standard InChI is InChI=1S/C22H42O4S2/c1-2-3-4-5-6-7-8-9-10-11-12-13-14-15-16-17-18-27-28-20(22(25)26)19-21(23)24/h20H,2-19H2,1H3,(H,23,24)(H,25,26). The molecular formula is C22H42O4S2. The molecule has 0 amide bonds. The first-order chi connectivity index (χ1) is 13.6. The molecule has 0 rings (SSSR count). The van der Waals surface area contributed by atoms with Gasteiger partial charge in [-0.2, -0.15) is 0 Å². The monoisotopic (exact) mass is 434 g/mol. The first-order valence-electron chi connectivity index (χ1n) is 11.3. The molecule has 0 radical (unpaired) electrons. The van der Waals surface area contributed by atoms with Crippen LogP contribution in [0.25, 0.3) is 0 Å². The Balaban J connectivity index is 3.23. The zero-order chi connectivity index (χ0) is 20.9. The Morgan fingerprint density at radius 1 is 0.679 bits per heavy atom. The minimum atomic E-state index is -1.05. The van der Waals surface area contributed by atoms with Gasteiger partial charge in [-0.15, -0.1) is 0 Å². The van der Waals surface area contributed by atoms with Crippen LogP contribution in [0.2, 0.25) is 0 Å². The van der Waals surface area contributed by atoms with Crippen molar-refractivity contribution in [3.8, 4) is 0 Å². The largest absolute Gasteiger partial charge is 0.481 e. The molecule has 166 valence electrons. The van der Waals surface area contributed by atoms with Crippen LogP contribution in [0.1, 0.15) is 116 Å². The van der Waals surface area contributed by atoms with Crippen LogP contribution in [-0.4, -0.2) is 33.2 Å². The van der Waals surface area contributed by atoms with Crippen molar-refractivity contribution in [3.63, 3.8) is 0 Å². The Bertz CT molecular complexity index is 378. The van der Waals surface area contributed by atoms with Crippen molar-refractivity contribution in [3.05, 3.63) is 0 Å². The summed E-state index contributed by atoms with van der Waals surface area (Å²) in [6, 6.07) is 0. The number of hydrogen-bond donors (Lipinski definition) is 2. The van der Waals surface area contributed by atoms with Crippen molar-refractivity contribution in [1.82, 2.24) is 0 Å². The summed E-state index contributed by atoms with van der Waals surface area (Å²) in [5.74, 6) is -1.19. The fraction of sp³-hybridized carbons (Fsp3) is 0.909. The molecule has 1 unspecified atom stereocenters. The van der Waals surface area contributed by atoms with Gasteiger partial charge in [-0.3, -0.25) is 9.59 Å². The van der Waals surface area contributed by atoms with E-state index in [0.29, 0.717) is 0 Å². The third kappa shape index (κ3) is 20.4. The molecule has 0 aromatic heterocycles. The van der Waals surface area contributed by atoms with E-state index in [-0.39, 0.29) is 6.42 Å². The van der Waals surface area contributed by atoms with Crippen molar-refractivity contribution in [2.75, 3.05) is 5.75 Å². The highest BCUT2D eigenvalue weighted by Crippen LogP contribution is 2.30. The number of carbonyl (C=O) groups is 2. The van der Waals surface area contributed by atoms with E-state index in [1.165, 1.54) is 118 Å². The summed E-state index contributed by atoms with van der Waals surface area (Å²) in [5.41, 5.74) is 0. The molecule has 0 spiro atoms. The van der Waals surface area contributed by atoms with Crippen LogP contribution in [0.3, 0.4) is 0 Å². The maximum Gasteiger partial charge on any atom is 0.318 e. The highest BCUT2D eigenvalue weighted by atomic mass is 33.1. The van der Waals surface area contributed by atoms with E-state index in [9.17, 15) is 9.59 Å².